The summed E-state index contributed by atoms with van der Waals surface area (Å²) in [5.41, 5.74) is -0.230. The number of benzene rings is 1. The second kappa shape index (κ2) is 3.07. The van der Waals surface area contributed by atoms with E-state index in [1.165, 1.54) is 0 Å². The smallest absolute Gasteiger partial charge is 0.341 e. The first-order valence-corrected chi connectivity index (χ1v) is 5.42. The molecule has 2 aliphatic heterocycles. The Labute approximate surface area is 97.3 Å². The van der Waals surface area contributed by atoms with Gasteiger partial charge in [-0.15, -0.1) is 0 Å². The highest BCUT2D eigenvalue weighted by Gasteiger charge is 2.49. The fourth-order valence-electron chi connectivity index (χ4n) is 2.64. The van der Waals surface area contributed by atoms with Gasteiger partial charge >= 0.3 is 5.97 Å². The normalized spacial score (nSPS) is 25.9. The van der Waals surface area contributed by atoms with Crippen molar-refractivity contribution < 1.29 is 19.8 Å². The van der Waals surface area contributed by atoms with Crippen LogP contribution in [0.15, 0.2) is 18.2 Å². The van der Waals surface area contributed by atoms with Gasteiger partial charge in [-0.1, -0.05) is 18.2 Å². The van der Waals surface area contributed by atoms with E-state index in [-0.39, 0.29) is 5.91 Å². The number of para-hydroxylation sites is 1. The van der Waals surface area contributed by atoms with Gasteiger partial charge in [0.25, 0.3) is 0 Å². The second-order valence-electron chi connectivity index (χ2n) is 4.45. The number of aliphatic carboxylic acids is 1. The summed E-state index contributed by atoms with van der Waals surface area (Å²) >= 11 is 0. The Bertz CT molecular complexity index is 539. The molecular formula is C12H11NO4. The Balaban J connectivity index is 2.29. The second-order valence-corrected chi connectivity index (χ2v) is 4.45. The first-order chi connectivity index (χ1) is 8.04. The Morgan fingerprint density at radius 3 is 2.88 bits per heavy atom. The lowest BCUT2D eigenvalue weighted by Crippen LogP contribution is -2.47. The van der Waals surface area contributed by atoms with Gasteiger partial charge in [0.05, 0.1) is 12.1 Å². The molecule has 2 aliphatic rings. The summed E-state index contributed by atoms with van der Waals surface area (Å²) < 4.78 is 0. The van der Waals surface area contributed by atoms with Crippen molar-refractivity contribution in [1.82, 2.24) is 0 Å². The lowest BCUT2D eigenvalue weighted by Gasteiger charge is -2.34. The maximum Gasteiger partial charge on any atom is 0.341 e. The van der Waals surface area contributed by atoms with Gasteiger partial charge in [0.15, 0.2) is 5.60 Å². The zero-order valence-electron chi connectivity index (χ0n) is 9.01. The minimum Gasteiger partial charge on any atom is -0.479 e. The van der Waals surface area contributed by atoms with Crippen molar-refractivity contribution in [3.63, 3.8) is 0 Å². The van der Waals surface area contributed by atoms with E-state index in [1.807, 2.05) is 6.07 Å². The minimum atomic E-state index is -2.08. The summed E-state index contributed by atoms with van der Waals surface area (Å²) in [4.78, 5) is 24.6. The highest BCUT2D eigenvalue weighted by Crippen LogP contribution is 2.44. The van der Waals surface area contributed by atoms with Crippen LogP contribution in [0.1, 0.15) is 17.5 Å². The van der Waals surface area contributed by atoms with Crippen molar-refractivity contribution in [2.45, 2.75) is 18.4 Å². The summed E-state index contributed by atoms with van der Waals surface area (Å²) in [6, 6.07) is 5.17. The van der Waals surface area contributed by atoms with Crippen LogP contribution in [0, 0.1) is 0 Å². The number of aliphatic hydroxyl groups is 1. The van der Waals surface area contributed by atoms with E-state index in [4.69, 9.17) is 5.11 Å². The summed E-state index contributed by atoms with van der Waals surface area (Å²) in [7, 11) is 0. The zero-order chi connectivity index (χ0) is 12.2. The molecule has 1 aromatic rings. The topological polar surface area (TPSA) is 77.8 Å². The quantitative estimate of drug-likeness (QED) is 0.729. The van der Waals surface area contributed by atoms with E-state index in [9.17, 15) is 14.7 Å². The molecule has 1 aromatic carbocycles. The maximum atomic E-state index is 11.8. The number of nitrogens with zero attached hydrogens (tertiary/aromatic N) is 1. The molecule has 5 nitrogen and oxygen atoms in total. The molecule has 0 bridgehead atoms. The van der Waals surface area contributed by atoms with E-state index in [2.05, 4.69) is 0 Å². The van der Waals surface area contributed by atoms with E-state index >= 15 is 0 Å². The number of hydrogen-bond acceptors (Lipinski definition) is 3. The van der Waals surface area contributed by atoms with E-state index < -0.39 is 18.0 Å². The van der Waals surface area contributed by atoms with Gasteiger partial charge in [-0.05, 0) is 12.0 Å². The van der Waals surface area contributed by atoms with Crippen molar-refractivity contribution in [2.24, 2.45) is 0 Å². The molecule has 0 radical (unpaired) electrons. The van der Waals surface area contributed by atoms with Crippen LogP contribution in [-0.2, 0) is 21.6 Å². The number of carboxylic acid groups (broad SMARTS) is 1. The molecular weight excluding hydrogens is 222 g/mol. The first-order valence-electron chi connectivity index (χ1n) is 5.42. The molecule has 17 heavy (non-hydrogen) atoms. The molecule has 5 heteroatoms. The van der Waals surface area contributed by atoms with Gasteiger partial charge in [0, 0.05) is 12.1 Å². The van der Waals surface area contributed by atoms with Gasteiger partial charge in [0.1, 0.15) is 0 Å². The first kappa shape index (κ1) is 10.3. The van der Waals surface area contributed by atoms with E-state index in [0.29, 0.717) is 24.2 Å². The molecule has 1 amide bonds. The van der Waals surface area contributed by atoms with E-state index in [0.717, 1.165) is 5.56 Å². The van der Waals surface area contributed by atoms with Crippen LogP contribution >= 0.6 is 0 Å². The average Bonchev–Trinajstić information content (AvgIpc) is 2.70. The largest absolute Gasteiger partial charge is 0.479 e. The molecule has 0 saturated heterocycles. The molecule has 0 fully saturated rings. The fourth-order valence-corrected chi connectivity index (χ4v) is 2.64. The molecule has 88 valence electrons. The molecule has 1 atom stereocenters. The van der Waals surface area contributed by atoms with Crippen LogP contribution in [0.4, 0.5) is 5.69 Å². The zero-order valence-corrected chi connectivity index (χ0v) is 9.01. The third-order valence-electron chi connectivity index (χ3n) is 3.50. The Morgan fingerprint density at radius 1 is 1.41 bits per heavy atom. The number of carboxylic acids is 1. The standard InChI is InChI=1S/C12H11NO4/c14-9-6-12(17,11(15)16)8-3-1-2-7-4-5-13(9)10(7)8/h1-3,17H,4-6H2,(H,15,16). The van der Waals surface area contributed by atoms with Crippen molar-refractivity contribution in [1.29, 1.82) is 0 Å². The van der Waals surface area contributed by atoms with Crippen molar-refractivity contribution in [2.75, 3.05) is 11.4 Å². The summed E-state index contributed by atoms with van der Waals surface area (Å²) in [5, 5.41) is 19.3. The number of carbonyl (C=O) groups is 2. The minimum absolute atomic E-state index is 0.327. The van der Waals surface area contributed by atoms with Crippen molar-refractivity contribution >= 4 is 17.6 Å². The summed E-state index contributed by atoms with van der Waals surface area (Å²) in [6.07, 6.45) is 0.323. The van der Waals surface area contributed by atoms with Crippen LogP contribution in [0.25, 0.3) is 0 Å². The van der Waals surface area contributed by atoms with Crippen LogP contribution in [0.2, 0.25) is 0 Å². The van der Waals surface area contributed by atoms with Gasteiger partial charge in [-0.3, -0.25) is 4.79 Å². The molecule has 3 rings (SSSR count). The van der Waals surface area contributed by atoms with Gasteiger partial charge < -0.3 is 15.1 Å². The molecule has 0 aliphatic carbocycles. The Kier molecular flexibility index (Phi) is 1.86. The lowest BCUT2D eigenvalue weighted by molar-refractivity contribution is -0.163. The number of amides is 1. The molecule has 0 spiro atoms. The number of carbonyl (C=O) groups excluding carboxylic acids is 1. The maximum absolute atomic E-state index is 11.8. The number of anilines is 1. The summed E-state index contributed by atoms with van der Waals surface area (Å²) in [5.74, 6) is -1.70. The predicted molar refractivity (Wildman–Crippen MR) is 58.6 cm³/mol. The highest BCUT2D eigenvalue weighted by molar-refractivity contribution is 6.04. The van der Waals surface area contributed by atoms with Gasteiger partial charge in [-0.25, -0.2) is 4.79 Å². The molecule has 2 heterocycles. The van der Waals surface area contributed by atoms with Crippen LogP contribution in [0.3, 0.4) is 0 Å². The molecule has 2 N–H and O–H groups in total. The summed E-state index contributed by atoms with van der Waals surface area (Å²) in [6.45, 7) is 0.570. The van der Waals surface area contributed by atoms with Gasteiger partial charge in [-0.2, -0.15) is 0 Å². The van der Waals surface area contributed by atoms with Gasteiger partial charge in [0.2, 0.25) is 5.91 Å². The van der Waals surface area contributed by atoms with E-state index in [1.54, 1.807) is 17.0 Å². The molecule has 0 aromatic heterocycles. The van der Waals surface area contributed by atoms with Crippen molar-refractivity contribution in [3.8, 4) is 0 Å². The Morgan fingerprint density at radius 2 is 2.18 bits per heavy atom. The average molecular weight is 233 g/mol. The Hall–Kier alpha value is -1.88. The van der Waals surface area contributed by atoms with Crippen LogP contribution < -0.4 is 4.90 Å². The molecule has 0 saturated carbocycles. The molecule has 1 unspecified atom stereocenters. The monoisotopic (exact) mass is 233 g/mol. The van der Waals surface area contributed by atoms with Crippen LogP contribution in [0.5, 0.6) is 0 Å². The SMILES string of the molecule is O=C1CC(O)(C(=O)O)c2cccc3c2N1CC3. The predicted octanol–water partition coefficient (Wildman–Crippen LogP) is 0.252. The van der Waals surface area contributed by atoms with Crippen molar-refractivity contribution in [3.05, 3.63) is 29.3 Å². The highest BCUT2D eigenvalue weighted by atomic mass is 16.4. The fraction of sp³-hybridized carbons (Fsp3) is 0.333. The van der Waals surface area contributed by atoms with Crippen LogP contribution in [-0.4, -0.2) is 28.6 Å². The lowest BCUT2D eigenvalue weighted by atomic mass is 9.84. The third-order valence-corrected chi connectivity index (χ3v) is 3.50. The number of rotatable bonds is 1. The number of hydrogen-bond donors (Lipinski definition) is 2. The third kappa shape index (κ3) is 1.17.